The Bertz CT molecular complexity index is 4640. The second kappa shape index (κ2) is 19.0. The van der Waals surface area contributed by atoms with E-state index in [1.165, 1.54) is 44.2 Å². The number of fused-ring (bicyclic) bond motifs is 6. The monoisotopic (exact) mass is 996 g/mol. The van der Waals surface area contributed by atoms with Crippen molar-refractivity contribution < 1.29 is 0 Å². The molecule has 0 spiro atoms. The highest BCUT2D eigenvalue weighted by Gasteiger charge is 2.24. The fourth-order valence-electron chi connectivity index (χ4n) is 11.5. The summed E-state index contributed by atoms with van der Waals surface area (Å²) in [5.41, 5.74) is 20.8. The van der Waals surface area contributed by atoms with Gasteiger partial charge in [-0.15, -0.1) is 0 Å². The lowest BCUT2D eigenvalue weighted by atomic mass is 9.92. The molecule has 0 aliphatic heterocycles. The summed E-state index contributed by atoms with van der Waals surface area (Å²) in [6.45, 7) is 4.35. The van der Waals surface area contributed by atoms with Gasteiger partial charge in [0, 0.05) is 49.5 Å². The van der Waals surface area contributed by atoms with Crippen LogP contribution in [0.2, 0.25) is 0 Å². The third-order valence-corrected chi connectivity index (χ3v) is 15.3. The van der Waals surface area contributed by atoms with Gasteiger partial charge in [-0.1, -0.05) is 176 Å². The van der Waals surface area contributed by atoms with Crippen LogP contribution in [-0.4, -0.2) is 24.1 Å². The first-order chi connectivity index (χ1) is 38.5. The second-order valence-electron chi connectivity index (χ2n) is 20.0. The number of hydrogen-bond acceptors (Lipinski definition) is 4. The Hall–Kier alpha value is -10.5. The summed E-state index contributed by atoms with van der Waals surface area (Å²) >= 11 is 0. The number of nitriles is 1. The minimum atomic E-state index is 0.550. The van der Waals surface area contributed by atoms with Crippen molar-refractivity contribution in [1.29, 1.82) is 5.26 Å². The summed E-state index contributed by atoms with van der Waals surface area (Å²) in [5.74, 6) is 1.72. The van der Waals surface area contributed by atoms with E-state index < -0.39 is 0 Å². The van der Waals surface area contributed by atoms with Crippen molar-refractivity contribution in [3.05, 3.63) is 271 Å². The molecular weight excluding hydrogens is 949 g/mol. The maximum atomic E-state index is 9.87. The van der Waals surface area contributed by atoms with E-state index in [9.17, 15) is 5.26 Å². The van der Waals surface area contributed by atoms with Crippen LogP contribution in [0.25, 0.3) is 134 Å². The van der Waals surface area contributed by atoms with E-state index >= 15 is 0 Å². The van der Waals surface area contributed by atoms with Gasteiger partial charge in [0.15, 0.2) is 17.5 Å². The predicted molar refractivity (Wildman–Crippen MR) is 321 cm³/mol. The maximum Gasteiger partial charge on any atom is 0.164 e. The highest BCUT2D eigenvalue weighted by atomic mass is 15.0. The first-order valence-electron chi connectivity index (χ1n) is 26.3. The van der Waals surface area contributed by atoms with Gasteiger partial charge >= 0.3 is 0 Å². The van der Waals surface area contributed by atoms with E-state index in [-0.39, 0.29) is 0 Å². The van der Waals surface area contributed by atoms with Crippen LogP contribution in [0.3, 0.4) is 0 Å². The van der Waals surface area contributed by atoms with Crippen LogP contribution in [0.1, 0.15) is 16.7 Å². The number of aryl methyl sites for hydroxylation is 2. The Balaban J connectivity index is 1.09. The van der Waals surface area contributed by atoms with Crippen molar-refractivity contribution in [2.75, 3.05) is 0 Å². The average Bonchev–Trinajstić information content (AvgIpc) is 4.08. The van der Waals surface area contributed by atoms with Gasteiger partial charge in [0.2, 0.25) is 0 Å². The number of para-hydroxylation sites is 2. The first kappa shape index (κ1) is 46.1. The molecule has 14 rings (SSSR count). The van der Waals surface area contributed by atoms with Gasteiger partial charge in [-0.2, -0.15) is 5.26 Å². The number of hydrogen-bond donors (Lipinski definition) is 0. The van der Waals surface area contributed by atoms with E-state index in [1.54, 1.807) is 0 Å². The van der Waals surface area contributed by atoms with Crippen molar-refractivity contribution in [1.82, 2.24) is 24.1 Å². The van der Waals surface area contributed by atoms with E-state index in [2.05, 4.69) is 223 Å². The van der Waals surface area contributed by atoms with Gasteiger partial charge in [-0.05, 0) is 143 Å². The molecule has 14 aromatic rings. The van der Waals surface area contributed by atoms with Gasteiger partial charge in [0.25, 0.3) is 0 Å². The molecule has 0 atom stereocenters. The van der Waals surface area contributed by atoms with Gasteiger partial charge in [0.1, 0.15) is 0 Å². The highest BCUT2D eigenvalue weighted by molar-refractivity contribution is 6.12. The van der Waals surface area contributed by atoms with Crippen LogP contribution in [0.4, 0.5) is 0 Å². The molecule has 3 aromatic heterocycles. The van der Waals surface area contributed by atoms with E-state index in [0.29, 0.717) is 23.0 Å². The smallest absolute Gasteiger partial charge is 0.164 e. The quantitative estimate of drug-likeness (QED) is 0.144. The molecule has 0 aliphatic rings. The zero-order valence-corrected chi connectivity index (χ0v) is 42.9. The summed E-state index contributed by atoms with van der Waals surface area (Å²) in [6.07, 6.45) is 0. The Kier molecular flexibility index (Phi) is 11.2. The third-order valence-electron chi connectivity index (χ3n) is 15.3. The molecule has 0 aliphatic carbocycles. The SMILES string of the molecule is Cc1ccccc1-c1ccc2c(c1)c1ccccc1n2-c1ccc(-c2nc(-c3ccccc3)nc(-c3ccccc3)n2)c(-c2cc(-c3ccc(C#N)cc3)ccc2-n2c3ccccc3c3cc(-c4ccccc4C)ccc32)c1. The fraction of sp³-hybridized carbons (Fsp3) is 0.0278. The molecule has 0 saturated heterocycles. The topological polar surface area (TPSA) is 72.3 Å². The summed E-state index contributed by atoms with van der Waals surface area (Å²) in [6, 6.07) is 92.4. The van der Waals surface area contributed by atoms with E-state index in [0.717, 1.165) is 83.2 Å². The van der Waals surface area contributed by atoms with Crippen molar-refractivity contribution in [2.45, 2.75) is 13.8 Å². The van der Waals surface area contributed by atoms with Crippen molar-refractivity contribution in [3.63, 3.8) is 0 Å². The van der Waals surface area contributed by atoms with Crippen LogP contribution in [0.15, 0.2) is 255 Å². The molecule has 0 bridgehead atoms. The Morgan fingerprint density at radius 2 is 0.782 bits per heavy atom. The molecule has 0 radical (unpaired) electrons. The Labute approximate surface area is 452 Å². The zero-order valence-electron chi connectivity index (χ0n) is 42.9. The number of aromatic nitrogens is 5. The lowest BCUT2D eigenvalue weighted by molar-refractivity contribution is 1.07. The molecule has 6 nitrogen and oxygen atoms in total. The molecule has 0 fully saturated rings. The number of rotatable bonds is 9. The van der Waals surface area contributed by atoms with Crippen LogP contribution in [-0.2, 0) is 0 Å². The van der Waals surface area contributed by atoms with Gasteiger partial charge in [-0.3, -0.25) is 0 Å². The normalized spacial score (nSPS) is 11.4. The third kappa shape index (κ3) is 7.92. The van der Waals surface area contributed by atoms with Crippen LogP contribution >= 0.6 is 0 Å². The zero-order chi connectivity index (χ0) is 52.3. The summed E-state index contributed by atoms with van der Waals surface area (Å²) in [5, 5.41) is 14.5. The summed E-state index contributed by atoms with van der Waals surface area (Å²) in [7, 11) is 0. The van der Waals surface area contributed by atoms with Crippen molar-refractivity contribution in [3.8, 4) is 96.1 Å². The molecule has 0 unspecified atom stereocenters. The minimum Gasteiger partial charge on any atom is -0.309 e. The minimum absolute atomic E-state index is 0.550. The standard InChI is InChI=1S/C72H48N6/c1-46-17-9-11-23-56(46)53-34-39-67-62(42-53)58-25-13-15-27-65(58)77(67)55-36-37-60(72-75-70(50-19-5-3-6-20-50)74-71(76-72)51-21-7-4-8-22-51)61(44-55)64-41-52(49-31-29-48(45-73)30-32-49)33-38-69(64)78-66-28-16-14-26-59(66)63-43-54(35-40-68(63)78)57-24-12-10-18-47(57)2/h3-44H,1-2H3. The molecule has 366 valence electrons. The fourth-order valence-corrected chi connectivity index (χ4v) is 11.5. The largest absolute Gasteiger partial charge is 0.309 e. The van der Waals surface area contributed by atoms with E-state index in [1.807, 2.05) is 60.7 Å². The van der Waals surface area contributed by atoms with E-state index in [4.69, 9.17) is 15.0 Å². The summed E-state index contributed by atoms with van der Waals surface area (Å²) in [4.78, 5) is 15.9. The molecule has 0 saturated carbocycles. The molecule has 78 heavy (non-hydrogen) atoms. The molecule has 11 aromatic carbocycles. The van der Waals surface area contributed by atoms with Gasteiger partial charge < -0.3 is 9.13 Å². The first-order valence-corrected chi connectivity index (χ1v) is 26.3. The predicted octanol–water partition coefficient (Wildman–Crippen LogP) is 18.2. The van der Waals surface area contributed by atoms with Crippen LogP contribution in [0.5, 0.6) is 0 Å². The highest BCUT2D eigenvalue weighted by Crippen LogP contribution is 2.45. The molecule has 0 amide bonds. The lowest BCUT2D eigenvalue weighted by Gasteiger charge is -2.20. The van der Waals surface area contributed by atoms with Gasteiger partial charge in [0.05, 0.1) is 39.4 Å². The molecule has 0 N–H and O–H groups in total. The van der Waals surface area contributed by atoms with Crippen LogP contribution in [0, 0.1) is 25.2 Å². The molecule has 6 heteroatoms. The second-order valence-corrected chi connectivity index (χ2v) is 20.0. The lowest BCUT2D eigenvalue weighted by Crippen LogP contribution is -2.04. The number of benzene rings is 11. The maximum absolute atomic E-state index is 9.87. The molecular formula is C72H48N6. The van der Waals surface area contributed by atoms with Crippen molar-refractivity contribution >= 4 is 43.6 Å². The number of nitrogens with zero attached hydrogens (tertiary/aromatic N) is 6. The average molecular weight is 997 g/mol. The Morgan fingerprint density at radius 1 is 0.308 bits per heavy atom. The summed E-state index contributed by atoms with van der Waals surface area (Å²) < 4.78 is 4.82. The molecule has 3 heterocycles. The van der Waals surface area contributed by atoms with Crippen LogP contribution < -0.4 is 0 Å². The van der Waals surface area contributed by atoms with Crippen molar-refractivity contribution in [2.24, 2.45) is 0 Å². The Morgan fingerprint density at radius 3 is 1.36 bits per heavy atom. The van der Waals surface area contributed by atoms with Gasteiger partial charge in [-0.25, -0.2) is 15.0 Å².